The number of aromatic nitrogens is 4. The number of nitrogens with one attached hydrogen (secondary N) is 1. The third-order valence-electron chi connectivity index (χ3n) is 3.87. The van der Waals surface area contributed by atoms with Gasteiger partial charge in [0.05, 0.1) is 37.3 Å². The first-order valence-electron chi connectivity index (χ1n) is 7.46. The van der Waals surface area contributed by atoms with Crippen molar-refractivity contribution in [1.82, 2.24) is 24.9 Å². The molecule has 1 amide bonds. The van der Waals surface area contributed by atoms with Crippen molar-refractivity contribution >= 4 is 15.7 Å². The molecule has 3 rings (SSSR count). The van der Waals surface area contributed by atoms with Crippen molar-refractivity contribution < 1.29 is 17.9 Å². The molecule has 9 nitrogen and oxygen atoms in total. The van der Waals surface area contributed by atoms with Gasteiger partial charge >= 0.3 is 0 Å². The summed E-state index contributed by atoms with van der Waals surface area (Å²) in [5.74, 6) is -0.152. The molecule has 0 bridgehead atoms. The lowest BCUT2D eigenvalue weighted by Crippen LogP contribution is -2.45. The molecule has 10 heteroatoms. The minimum atomic E-state index is -3.45. The van der Waals surface area contributed by atoms with Gasteiger partial charge in [0, 0.05) is 19.0 Å². The monoisotopic (exact) mass is 353 g/mol. The van der Waals surface area contributed by atoms with Gasteiger partial charge in [-0.3, -0.25) is 14.6 Å². The molecular weight excluding hydrogens is 334 g/mol. The van der Waals surface area contributed by atoms with E-state index in [2.05, 4.69) is 15.3 Å². The van der Waals surface area contributed by atoms with Gasteiger partial charge in [-0.25, -0.2) is 8.42 Å². The predicted octanol–water partition coefficient (Wildman–Crippen LogP) is -0.0818. The SMILES string of the molecule is Cc1cnn(CC(=O)N2CCOC[C@H]2c2[nH]ncc2S(C)(=O)=O)c1. The standard InChI is InChI=1S/C14H19N5O4S/c1-10-5-16-18(7-10)8-13(20)19-3-4-23-9-11(19)14-12(6-15-17-14)24(2,21)22/h5-7,11H,3-4,8-9H2,1-2H3,(H,15,17)/t11-/m0/s1. The van der Waals surface area contributed by atoms with Crippen LogP contribution in [0.1, 0.15) is 17.3 Å². The van der Waals surface area contributed by atoms with Gasteiger partial charge in [-0.1, -0.05) is 0 Å². The first-order chi connectivity index (χ1) is 11.4. The van der Waals surface area contributed by atoms with E-state index in [4.69, 9.17) is 4.74 Å². The Hall–Kier alpha value is -2.20. The Balaban J connectivity index is 1.86. The maximum absolute atomic E-state index is 12.7. The summed E-state index contributed by atoms with van der Waals surface area (Å²) in [6.07, 6.45) is 5.84. The zero-order valence-electron chi connectivity index (χ0n) is 13.5. The molecule has 2 aromatic heterocycles. The van der Waals surface area contributed by atoms with E-state index < -0.39 is 15.9 Å². The molecule has 0 aliphatic carbocycles. The second-order valence-electron chi connectivity index (χ2n) is 5.81. The molecule has 0 spiro atoms. The lowest BCUT2D eigenvalue weighted by atomic mass is 10.1. The van der Waals surface area contributed by atoms with Crippen molar-refractivity contribution in [3.63, 3.8) is 0 Å². The topological polar surface area (TPSA) is 110 Å². The summed E-state index contributed by atoms with van der Waals surface area (Å²) in [5, 5.41) is 10.7. The smallest absolute Gasteiger partial charge is 0.245 e. The number of hydrogen-bond donors (Lipinski definition) is 1. The minimum absolute atomic E-state index is 0.0886. The number of H-pyrrole nitrogens is 1. The predicted molar refractivity (Wildman–Crippen MR) is 83.9 cm³/mol. The average molecular weight is 353 g/mol. The van der Waals surface area contributed by atoms with Crippen molar-refractivity contribution in [2.45, 2.75) is 24.4 Å². The Bertz CT molecular complexity index is 841. The number of hydrogen-bond acceptors (Lipinski definition) is 6. The van der Waals surface area contributed by atoms with E-state index in [1.807, 2.05) is 6.92 Å². The van der Waals surface area contributed by atoms with E-state index >= 15 is 0 Å². The number of amides is 1. The summed E-state index contributed by atoms with van der Waals surface area (Å²) >= 11 is 0. The second-order valence-corrected chi connectivity index (χ2v) is 7.80. The average Bonchev–Trinajstić information content (AvgIpc) is 3.16. The lowest BCUT2D eigenvalue weighted by molar-refractivity contribution is -0.141. The maximum atomic E-state index is 12.7. The highest BCUT2D eigenvalue weighted by Gasteiger charge is 2.33. The molecule has 0 saturated carbocycles. The van der Waals surface area contributed by atoms with E-state index in [0.29, 0.717) is 18.8 Å². The summed E-state index contributed by atoms with van der Waals surface area (Å²) in [5.41, 5.74) is 1.34. The van der Waals surface area contributed by atoms with Crippen LogP contribution in [0, 0.1) is 6.92 Å². The van der Waals surface area contributed by atoms with Gasteiger partial charge in [-0.05, 0) is 12.5 Å². The van der Waals surface area contributed by atoms with Crippen molar-refractivity contribution in [3.05, 3.63) is 29.8 Å². The summed E-state index contributed by atoms with van der Waals surface area (Å²) in [6.45, 7) is 2.99. The fourth-order valence-electron chi connectivity index (χ4n) is 2.74. The number of aromatic amines is 1. The van der Waals surface area contributed by atoms with Crippen LogP contribution in [0.4, 0.5) is 0 Å². The Morgan fingerprint density at radius 2 is 2.25 bits per heavy atom. The molecule has 1 N–H and O–H groups in total. The highest BCUT2D eigenvalue weighted by molar-refractivity contribution is 7.90. The molecular formula is C14H19N5O4S. The number of aryl methyl sites for hydroxylation is 1. The van der Waals surface area contributed by atoms with Gasteiger partial charge in [0.25, 0.3) is 0 Å². The van der Waals surface area contributed by atoms with E-state index in [1.54, 1.807) is 22.0 Å². The first-order valence-corrected chi connectivity index (χ1v) is 9.35. The normalized spacial score (nSPS) is 18.8. The van der Waals surface area contributed by atoms with E-state index in [9.17, 15) is 13.2 Å². The maximum Gasteiger partial charge on any atom is 0.245 e. The third-order valence-corrected chi connectivity index (χ3v) is 5.00. The summed E-state index contributed by atoms with van der Waals surface area (Å²) in [4.78, 5) is 14.4. The van der Waals surface area contributed by atoms with Gasteiger partial charge in [0.2, 0.25) is 5.91 Å². The summed E-state index contributed by atoms with van der Waals surface area (Å²) in [7, 11) is -3.45. The van der Waals surface area contributed by atoms with Crippen LogP contribution in [0.25, 0.3) is 0 Å². The number of carbonyl (C=O) groups is 1. The van der Waals surface area contributed by atoms with Crippen molar-refractivity contribution in [2.24, 2.45) is 0 Å². The highest BCUT2D eigenvalue weighted by Crippen LogP contribution is 2.28. The fraction of sp³-hybridized carbons (Fsp3) is 0.500. The molecule has 0 radical (unpaired) electrons. The molecule has 0 unspecified atom stereocenters. The van der Waals surface area contributed by atoms with Crippen LogP contribution in [0.5, 0.6) is 0 Å². The number of ether oxygens (including phenoxy) is 1. The molecule has 1 aliphatic rings. The molecule has 2 aromatic rings. The highest BCUT2D eigenvalue weighted by atomic mass is 32.2. The van der Waals surface area contributed by atoms with E-state index in [1.165, 1.54) is 6.20 Å². The van der Waals surface area contributed by atoms with Crippen molar-refractivity contribution in [1.29, 1.82) is 0 Å². The molecule has 1 saturated heterocycles. The van der Waals surface area contributed by atoms with Crippen LogP contribution in [-0.4, -0.2) is 65.2 Å². The fourth-order valence-corrected chi connectivity index (χ4v) is 3.57. The molecule has 1 aliphatic heterocycles. The van der Waals surface area contributed by atoms with Gasteiger partial charge in [-0.2, -0.15) is 10.2 Å². The number of carbonyl (C=O) groups excluding carboxylic acids is 1. The zero-order chi connectivity index (χ0) is 17.3. The third kappa shape index (κ3) is 3.34. The number of rotatable bonds is 4. The lowest BCUT2D eigenvalue weighted by Gasteiger charge is -2.35. The quantitative estimate of drug-likeness (QED) is 0.823. The van der Waals surface area contributed by atoms with Gasteiger partial charge in [-0.15, -0.1) is 0 Å². The van der Waals surface area contributed by atoms with E-state index in [0.717, 1.165) is 11.8 Å². The number of sulfone groups is 1. The molecule has 1 fully saturated rings. The molecule has 24 heavy (non-hydrogen) atoms. The Labute approximate surface area is 139 Å². The van der Waals surface area contributed by atoms with Crippen molar-refractivity contribution in [3.8, 4) is 0 Å². The van der Waals surface area contributed by atoms with Crippen LogP contribution in [0.2, 0.25) is 0 Å². The zero-order valence-corrected chi connectivity index (χ0v) is 14.3. The first kappa shape index (κ1) is 16.7. The molecule has 130 valence electrons. The summed E-state index contributed by atoms with van der Waals surface area (Å²) in [6, 6.07) is -0.518. The van der Waals surface area contributed by atoms with Crippen LogP contribution >= 0.6 is 0 Å². The van der Waals surface area contributed by atoms with Crippen LogP contribution in [-0.2, 0) is 25.9 Å². The number of morpholine rings is 1. The van der Waals surface area contributed by atoms with Crippen molar-refractivity contribution in [2.75, 3.05) is 26.0 Å². The number of nitrogens with zero attached hydrogens (tertiary/aromatic N) is 4. The Morgan fingerprint density at radius 3 is 2.92 bits per heavy atom. The minimum Gasteiger partial charge on any atom is -0.377 e. The van der Waals surface area contributed by atoms with Crippen LogP contribution in [0.15, 0.2) is 23.5 Å². The van der Waals surface area contributed by atoms with E-state index in [-0.39, 0.29) is 24.0 Å². The second kappa shape index (κ2) is 6.36. The van der Waals surface area contributed by atoms with Gasteiger partial charge < -0.3 is 9.64 Å². The Kier molecular flexibility index (Phi) is 4.41. The summed E-state index contributed by atoms with van der Waals surface area (Å²) < 4.78 is 30.8. The molecule has 3 heterocycles. The Morgan fingerprint density at radius 1 is 1.46 bits per heavy atom. The van der Waals surface area contributed by atoms with Gasteiger partial charge in [0.1, 0.15) is 11.4 Å². The largest absolute Gasteiger partial charge is 0.377 e. The van der Waals surface area contributed by atoms with Crippen LogP contribution in [0.3, 0.4) is 0 Å². The molecule has 0 aromatic carbocycles. The van der Waals surface area contributed by atoms with Gasteiger partial charge in [0.15, 0.2) is 9.84 Å². The molecule has 1 atom stereocenters. The van der Waals surface area contributed by atoms with Crippen LogP contribution < -0.4 is 0 Å².